The van der Waals surface area contributed by atoms with E-state index in [1.807, 2.05) is 6.92 Å². The molecule has 1 rings (SSSR count). The Balaban J connectivity index is 2.35. The van der Waals surface area contributed by atoms with E-state index in [4.69, 9.17) is 15.0 Å². The summed E-state index contributed by atoms with van der Waals surface area (Å²) >= 11 is 0. The smallest absolute Gasteiger partial charge is 0.226 e. The minimum atomic E-state index is 0.231. The van der Waals surface area contributed by atoms with E-state index in [2.05, 4.69) is 24.0 Å². The summed E-state index contributed by atoms with van der Waals surface area (Å²) in [6, 6.07) is 0. The molecule has 0 fully saturated rings. The summed E-state index contributed by atoms with van der Waals surface area (Å²) in [6.45, 7) is 8.49. The lowest BCUT2D eigenvalue weighted by Gasteiger charge is -2.22. The first kappa shape index (κ1) is 15.1. The Kier molecular flexibility index (Phi) is 6.29. The van der Waals surface area contributed by atoms with Gasteiger partial charge in [0.15, 0.2) is 5.82 Å². The molecule has 0 spiro atoms. The highest BCUT2D eigenvalue weighted by Gasteiger charge is 2.18. The summed E-state index contributed by atoms with van der Waals surface area (Å²) in [7, 11) is 0. The molecular weight excluding hydrogens is 230 g/mol. The Morgan fingerprint density at radius 1 is 1.28 bits per heavy atom. The number of aromatic nitrogens is 2. The van der Waals surface area contributed by atoms with Gasteiger partial charge < -0.3 is 15.0 Å². The Morgan fingerprint density at radius 3 is 2.72 bits per heavy atom. The highest BCUT2D eigenvalue weighted by atomic mass is 16.5. The average Bonchev–Trinajstić information content (AvgIpc) is 2.75. The molecule has 0 unspecified atom stereocenters. The number of hydrogen-bond acceptors (Lipinski definition) is 5. The van der Waals surface area contributed by atoms with E-state index in [1.54, 1.807) is 0 Å². The van der Waals surface area contributed by atoms with E-state index >= 15 is 0 Å². The van der Waals surface area contributed by atoms with Crippen LogP contribution in [0.1, 0.15) is 45.3 Å². The summed E-state index contributed by atoms with van der Waals surface area (Å²) in [5, 5.41) is 3.94. The minimum absolute atomic E-state index is 0.231. The van der Waals surface area contributed by atoms with Crippen molar-refractivity contribution in [2.24, 2.45) is 11.1 Å². The topological polar surface area (TPSA) is 74.2 Å². The fourth-order valence-corrected chi connectivity index (χ4v) is 1.76. The molecule has 0 bridgehead atoms. The molecule has 0 aliphatic rings. The van der Waals surface area contributed by atoms with Crippen LogP contribution in [0.3, 0.4) is 0 Å². The second-order valence-electron chi connectivity index (χ2n) is 5.25. The van der Waals surface area contributed by atoms with Gasteiger partial charge in [0.05, 0.1) is 6.61 Å². The van der Waals surface area contributed by atoms with Crippen LogP contribution >= 0.6 is 0 Å². The SMILES string of the molecule is CCOCCc1noc(CCC(C)(C)CCN)n1. The first-order valence-corrected chi connectivity index (χ1v) is 6.66. The van der Waals surface area contributed by atoms with Crippen LogP contribution in [0, 0.1) is 5.41 Å². The van der Waals surface area contributed by atoms with Crippen LogP contribution in [-0.4, -0.2) is 29.9 Å². The van der Waals surface area contributed by atoms with Gasteiger partial charge in [0.25, 0.3) is 0 Å². The zero-order valence-electron chi connectivity index (χ0n) is 11.7. The Morgan fingerprint density at radius 2 is 2.06 bits per heavy atom. The third-order valence-corrected chi connectivity index (χ3v) is 3.02. The molecule has 5 nitrogen and oxygen atoms in total. The van der Waals surface area contributed by atoms with Crippen LogP contribution in [0.5, 0.6) is 0 Å². The van der Waals surface area contributed by atoms with Gasteiger partial charge in [0.1, 0.15) is 0 Å². The molecule has 0 amide bonds. The monoisotopic (exact) mass is 255 g/mol. The van der Waals surface area contributed by atoms with E-state index in [9.17, 15) is 0 Å². The van der Waals surface area contributed by atoms with Crippen molar-refractivity contribution in [3.63, 3.8) is 0 Å². The van der Waals surface area contributed by atoms with Crippen molar-refractivity contribution >= 4 is 0 Å². The molecule has 0 radical (unpaired) electrons. The first-order valence-electron chi connectivity index (χ1n) is 6.66. The van der Waals surface area contributed by atoms with E-state index in [0.717, 1.165) is 38.2 Å². The number of aryl methyl sites for hydroxylation is 1. The van der Waals surface area contributed by atoms with Gasteiger partial charge in [-0.15, -0.1) is 0 Å². The summed E-state index contributed by atoms with van der Waals surface area (Å²) in [6.07, 6.45) is 3.55. The summed E-state index contributed by atoms with van der Waals surface area (Å²) in [5.41, 5.74) is 5.82. The fraction of sp³-hybridized carbons (Fsp3) is 0.846. The molecular formula is C13H25N3O2. The second kappa shape index (κ2) is 7.48. The van der Waals surface area contributed by atoms with Gasteiger partial charge in [-0.1, -0.05) is 19.0 Å². The van der Waals surface area contributed by atoms with Crippen molar-refractivity contribution < 1.29 is 9.26 Å². The lowest BCUT2D eigenvalue weighted by Crippen LogP contribution is -2.17. The molecule has 1 aromatic heterocycles. The molecule has 0 saturated carbocycles. The Bertz CT molecular complexity index is 337. The number of nitrogens with two attached hydrogens (primary N) is 1. The zero-order chi connectivity index (χ0) is 13.4. The van der Waals surface area contributed by atoms with Crippen LogP contribution in [0.15, 0.2) is 4.52 Å². The number of hydrogen-bond donors (Lipinski definition) is 1. The molecule has 104 valence electrons. The maximum absolute atomic E-state index is 5.59. The molecule has 0 aliphatic heterocycles. The van der Waals surface area contributed by atoms with Crippen LogP contribution in [0.25, 0.3) is 0 Å². The second-order valence-corrected chi connectivity index (χ2v) is 5.25. The first-order chi connectivity index (χ1) is 8.57. The molecule has 0 saturated heterocycles. The highest BCUT2D eigenvalue weighted by molar-refractivity contribution is 4.88. The zero-order valence-corrected chi connectivity index (χ0v) is 11.7. The van der Waals surface area contributed by atoms with Crippen molar-refractivity contribution in [1.82, 2.24) is 10.1 Å². The van der Waals surface area contributed by atoms with E-state index < -0.39 is 0 Å². The minimum Gasteiger partial charge on any atom is -0.381 e. The van der Waals surface area contributed by atoms with Gasteiger partial charge in [0, 0.05) is 19.4 Å². The van der Waals surface area contributed by atoms with E-state index in [0.29, 0.717) is 18.9 Å². The lowest BCUT2D eigenvalue weighted by molar-refractivity contribution is 0.149. The van der Waals surface area contributed by atoms with Crippen molar-refractivity contribution in [2.45, 2.75) is 46.5 Å². The Hall–Kier alpha value is -0.940. The van der Waals surface area contributed by atoms with Gasteiger partial charge in [0.2, 0.25) is 5.89 Å². The van der Waals surface area contributed by atoms with E-state index in [1.165, 1.54) is 0 Å². The lowest BCUT2D eigenvalue weighted by atomic mass is 9.84. The molecule has 1 aromatic rings. The number of nitrogens with zero attached hydrogens (tertiary/aromatic N) is 2. The Labute approximate surface area is 109 Å². The van der Waals surface area contributed by atoms with Crippen molar-refractivity contribution in [1.29, 1.82) is 0 Å². The fourth-order valence-electron chi connectivity index (χ4n) is 1.76. The largest absolute Gasteiger partial charge is 0.381 e. The number of rotatable bonds is 9. The van der Waals surface area contributed by atoms with Crippen LogP contribution in [0.4, 0.5) is 0 Å². The molecule has 1 heterocycles. The van der Waals surface area contributed by atoms with Crippen LogP contribution in [0.2, 0.25) is 0 Å². The molecule has 18 heavy (non-hydrogen) atoms. The van der Waals surface area contributed by atoms with Gasteiger partial charge in [-0.3, -0.25) is 0 Å². The van der Waals surface area contributed by atoms with Gasteiger partial charge in [-0.2, -0.15) is 4.98 Å². The predicted octanol–water partition coefficient (Wildman–Crippen LogP) is 1.96. The maximum atomic E-state index is 5.59. The van der Waals surface area contributed by atoms with Crippen LogP contribution in [-0.2, 0) is 17.6 Å². The van der Waals surface area contributed by atoms with Crippen molar-refractivity contribution in [3.05, 3.63) is 11.7 Å². The average molecular weight is 255 g/mol. The van der Waals surface area contributed by atoms with E-state index in [-0.39, 0.29) is 5.41 Å². The third kappa shape index (κ3) is 5.60. The predicted molar refractivity (Wildman–Crippen MR) is 70.3 cm³/mol. The maximum Gasteiger partial charge on any atom is 0.226 e. The number of ether oxygens (including phenoxy) is 1. The van der Waals surface area contributed by atoms with Crippen molar-refractivity contribution in [2.75, 3.05) is 19.8 Å². The van der Waals surface area contributed by atoms with Gasteiger partial charge in [-0.05, 0) is 31.7 Å². The molecule has 0 atom stereocenters. The standard InChI is InChI=1S/C13H25N3O2/c1-4-17-10-6-11-15-12(18-16-11)5-7-13(2,3)8-9-14/h4-10,14H2,1-3H3. The molecule has 0 aliphatic carbocycles. The molecule has 2 N–H and O–H groups in total. The molecule has 0 aromatic carbocycles. The van der Waals surface area contributed by atoms with Gasteiger partial charge in [-0.25, -0.2) is 0 Å². The normalized spacial score (nSPS) is 12.0. The van der Waals surface area contributed by atoms with Gasteiger partial charge >= 0.3 is 0 Å². The summed E-state index contributed by atoms with van der Waals surface area (Å²) in [5.74, 6) is 1.45. The summed E-state index contributed by atoms with van der Waals surface area (Å²) in [4.78, 5) is 4.36. The van der Waals surface area contributed by atoms with Crippen LogP contribution < -0.4 is 5.73 Å². The quantitative estimate of drug-likeness (QED) is 0.683. The highest BCUT2D eigenvalue weighted by Crippen LogP contribution is 2.25. The third-order valence-electron chi connectivity index (χ3n) is 3.02. The molecule has 5 heteroatoms. The summed E-state index contributed by atoms with van der Waals surface area (Å²) < 4.78 is 10.5. The van der Waals surface area contributed by atoms with Crippen molar-refractivity contribution in [3.8, 4) is 0 Å².